The van der Waals surface area contributed by atoms with E-state index < -0.39 is 54.6 Å². The van der Waals surface area contributed by atoms with E-state index in [0.29, 0.717) is 0 Å². The van der Waals surface area contributed by atoms with Crippen molar-refractivity contribution in [1.82, 2.24) is 5.32 Å². The average Bonchev–Trinajstić information content (AvgIpc) is 2.41. The van der Waals surface area contributed by atoms with Crippen LogP contribution in [-0.2, 0) is 19.1 Å². The fraction of sp³-hybridized carbons (Fsp3) is 0.667. The minimum Gasteiger partial charge on any atom is -0.478 e. The van der Waals surface area contributed by atoms with Crippen LogP contribution >= 0.6 is 12.4 Å². The number of methoxy groups -OCH3 is 1. The molecule has 0 radical (unpaired) electrons. The van der Waals surface area contributed by atoms with Crippen LogP contribution in [0, 0.1) is 0 Å². The van der Waals surface area contributed by atoms with Crippen LogP contribution in [0.15, 0.2) is 11.8 Å². The molecule has 0 aromatic carbocycles. The molecule has 0 spiro atoms. The second-order valence-corrected chi connectivity index (χ2v) is 4.67. The van der Waals surface area contributed by atoms with Crippen molar-refractivity contribution >= 4 is 24.3 Å². The molecule has 1 rings (SSSR count). The molecule has 1 aliphatic heterocycles. The van der Waals surface area contributed by atoms with Gasteiger partial charge >= 0.3 is 5.97 Å². The molecule has 0 aliphatic carbocycles. The van der Waals surface area contributed by atoms with Gasteiger partial charge in [-0.05, 0) is 6.08 Å². The summed E-state index contributed by atoms with van der Waals surface area (Å²) in [4.78, 5) is 22.3. The van der Waals surface area contributed by atoms with Crippen LogP contribution in [0.4, 0.5) is 0 Å². The van der Waals surface area contributed by atoms with Gasteiger partial charge in [-0.15, -0.1) is 12.4 Å². The van der Waals surface area contributed by atoms with Gasteiger partial charge in [0.25, 0.3) is 0 Å². The Bertz CT molecular complexity index is 432. The number of hydrogen-bond donors (Lipinski definition) is 5. The minimum atomic E-state index is -1.33. The van der Waals surface area contributed by atoms with E-state index in [4.69, 9.17) is 25.4 Å². The third kappa shape index (κ3) is 4.82. The highest BCUT2D eigenvalue weighted by Gasteiger charge is 2.43. The molecule has 10 heteroatoms. The lowest BCUT2D eigenvalue weighted by molar-refractivity contribution is -0.149. The molecule has 1 amide bonds. The standard InChI is InChI=1S/C12H20N2O7.ClH/c1-5(16)14-9-6(13)3-8(12(18)19)21-11(9)10(20-2)7(17)4-15;/h3,6-7,9-11,15,17H,4,13H2,1-2H3,(H,14,16)(H,18,19);1H/t6-,7+,9+,10+,11+;/m0./s1. The molecular formula is C12H21ClN2O7. The van der Waals surface area contributed by atoms with E-state index in [1.54, 1.807) is 0 Å². The quantitative estimate of drug-likeness (QED) is 0.371. The Morgan fingerprint density at radius 1 is 1.55 bits per heavy atom. The number of halogens is 1. The van der Waals surface area contributed by atoms with Crippen LogP contribution < -0.4 is 11.1 Å². The lowest BCUT2D eigenvalue weighted by atomic mass is 9.92. The van der Waals surface area contributed by atoms with Crippen molar-refractivity contribution < 1.29 is 34.4 Å². The number of carboxylic acids is 1. The summed E-state index contributed by atoms with van der Waals surface area (Å²) in [5.41, 5.74) is 5.85. The molecule has 1 heterocycles. The van der Waals surface area contributed by atoms with Crippen molar-refractivity contribution in [2.75, 3.05) is 13.7 Å². The van der Waals surface area contributed by atoms with Crippen LogP contribution in [0.2, 0.25) is 0 Å². The number of amides is 1. The van der Waals surface area contributed by atoms with E-state index in [9.17, 15) is 14.7 Å². The van der Waals surface area contributed by atoms with Gasteiger partial charge in [0.05, 0.1) is 18.7 Å². The van der Waals surface area contributed by atoms with Crippen LogP contribution in [0.25, 0.3) is 0 Å². The predicted molar refractivity (Wildman–Crippen MR) is 77.3 cm³/mol. The molecule has 9 nitrogen and oxygen atoms in total. The van der Waals surface area contributed by atoms with E-state index in [0.717, 1.165) is 6.08 Å². The number of aliphatic hydroxyl groups excluding tert-OH is 2. The smallest absolute Gasteiger partial charge is 0.370 e. The fourth-order valence-corrected chi connectivity index (χ4v) is 2.18. The molecule has 0 fully saturated rings. The molecule has 1 aliphatic rings. The lowest BCUT2D eigenvalue weighted by Gasteiger charge is -2.39. The van der Waals surface area contributed by atoms with Gasteiger partial charge in [0, 0.05) is 14.0 Å². The first-order valence-electron chi connectivity index (χ1n) is 6.28. The zero-order valence-corrected chi connectivity index (χ0v) is 12.9. The molecule has 6 N–H and O–H groups in total. The van der Waals surface area contributed by atoms with Gasteiger partial charge < -0.3 is 35.8 Å². The summed E-state index contributed by atoms with van der Waals surface area (Å²) in [6, 6.07) is -1.65. The topological polar surface area (TPSA) is 151 Å². The Labute approximate surface area is 133 Å². The molecule has 22 heavy (non-hydrogen) atoms. The highest BCUT2D eigenvalue weighted by atomic mass is 35.5. The zero-order valence-electron chi connectivity index (χ0n) is 12.1. The number of aliphatic hydroxyl groups is 2. The van der Waals surface area contributed by atoms with Gasteiger partial charge in [-0.1, -0.05) is 0 Å². The summed E-state index contributed by atoms with van der Waals surface area (Å²) >= 11 is 0. The normalized spacial score (nSPS) is 26.8. The Morgan fingerprint density at radius 2 is 2.14 bits per heavy atom. The van der Waals surface area contributed by atoms with Gasteiger partial charge in [0.2, 0.25) is 11.7 Å². The van der Waals surface area contributed by atoms with Crippen molar-refractivity contribution in [2.24, 2.45) is 5.73 Å². The maximum absolute atomic E-state index is 11.3. The number of nitrogens with one attached hydrogen (secondary N) is 1. The first-order valence-corrected chi connectivity index (χ1v) is 6.28. The van der Waals surface area contributed by atoms with Crippen molar-refractivity contribution in [2.45, 2.75) is 37.3 Å². The van der Waals surface area contributed by atoms with Gasteiger partial charge in [0.15, 0.2) is 0 Å². The maximum Gasteiger partial charge on any atom is 0.370 e. The lowest BCUT2D eigenvalue weighted by Crippen LogP contribution is -2.62. The van der Waals surface area contributed by atoms with Crippen molar-refractivity contribution in [3.8, 4) is 0 Å². The zero-order chi connectivity index (χ0) is 16.2. The van der Waals surface area contributed by atoms with E-state index in [1.807, 2.05) is 0 Å². The Hall–Kier alpha value is -1.39. The first kappa shape index (κ1) is 20.6. The number of nitrogens with two attached hydrogens (primary N) is 1. The van der Waals surface area contributed by atoms with Crippen LogP contribution in [0.5, 0.6) is 0 Å². The number of carbonyl (C=O) groups is 2. The highest BCUT2D eigenvalue weighted by Crippen LogP contribution is 2.23. The molecule has 0 saturated heterocycles. The summed E-state index contributed by atoms with van der Waals surface area (Å²) in [5, 5.41) is 30.3. The largest absolute Gasteiger partial charge is 0.478 e. The maximum atomic E-state index is 11.3. The molecule has 0 aromatic rings. The summed E-state index contributed by atoms with van der Waals surface area (Å²) < 4.78 is 10.3. The van der Waals surface area contributed by atoms with Crippen LogP contribution in [0.1, 0.15) is 6.92 Å². The van der Waals surface area contributed by atoms with E-state index >= 15 is 0 Å². The van der Waals surface area contributed by atoms with Gasteiger partial charge in [-0.25, -0.2) is 4.79 Å². The van der Waals surface area contributed by atoms with Crippen molar-refractivity contribution in [3.63, 3.8) is 0 Å². The van der Waals surface area contributed by atoms with Gasteiger partial charge in [-0.3, -0.25) is 4.79 Å². The fourth-order valence-electron chi connectivity index (χ4n) is 2.18. The monoisotopic (exact) mass is 340 g/mol. The van der Waals surface area contributed by atoms with Crippen LogP contribution in [0.3, 0.4) is 0 Å². The molecule has 5 atom stereocenters. The molecule has 0 unspecified atom stereocenters. The summed E-state index contributed by atoms with van der Waals surface area (Å²) in [7, 11) is 1.27. The van der Waals surface area contributed by atoms with E-state index in [2.05, 4.69) is 5.32 Å². The Morgan fingerprint density at radius 3 is 2.55 bits per heavy atom. The highest BCUT2D eigenvalue weighted by molar-refractivity contribution is 5.85. The number of hydrogen-bond acceptors (Lipinski definition) is 7. The van der Waals surface area contributed by atoms with E-state index in [1.165, 1.54) is 14.0 Å². The second kappa shape index (κ2) is 8.91. The third-order valence-corrected chi connectivity index (χ3v) is 3.12. The SMILES string of the molecule is CO[C@@H]([C@@H]1OC(C(=O)O)=C[C@H](N)[C@H]1NC(C)=O)[C@H](O)CO.Cl. The number of aliphatic carboxylic acids is 1. The Kier molecular flexibility index (Phi) is 8.35. The summed E-state index contributed by atoms with van der Waals surface area (Å²) in [6.45, 7) is 0.650. The molecule has 0 bridgehead atoms. The minimum absolute atomic E-state index is 0. The van der Waals surface area contributed by atoms with Crippen molar-refractivity contribution in [3.05, 3.63) is 11.8 Å². The summed E-state index contributed by atoms with van der Waals surface area (Å²) in [5.74, 6) is -2.13. The molecule has 0 aromatic heterocycles. The molecule has 0 saturated carbocycles. The number of carbonyl (C=O) groups excluding carboxylic acids is 1. The van der Waals surface area contributed by atoms with Crippen LogP contribution in [-0.4, -0.2) is 71.3 Å². The molecular weight excluding hydrogens is 320 g/mol. The second-order valence-electron chi connectivity index (χ2n) is 4.67. The molecule has 128 valence electrons. The third-order valence-electron chi connectivity index (χ3n) is 3.12. The van der Waals surface area contributed by atoms with Gasteiger partial charge in [-0.2, -0.15) is 0 Å². The Balaban J connectivity index is 0.00000441. The number of rotatable bonds is 6. The predicted octanol–water partition coefficient (Wildman–Crippen LogP) is -2.02. The van der Waals surface area contributed by atoms with Crippen molar-refractivity contribution in [1.29, 1.82) is 0 Å². The van der Waals surface area contributed by atoms with Gasteiger partial charge in [0.1, 0.15) is 18.3 Å². The van der Waals surface area contributed by atoms with E-state index in [-0.39, 0.29) is 12.4 Å². The summed E-state index contributed by atoms with van der Waals surface area (Å²) in [6.07, 6.45) is -2.29. The first-order chi connectivity index (χ1) is 9.81. The number of ether oxygens (including phenoxy) is 2. The average molecular weight is 341 g/mol. The number of carboxylic acid groups (broad SMARTS) is 1.